The van der Waals surface area contributed by atoms with E-state index in [0.29, 0.717) is 33.7 Å². The minimum absolute atomic E-state index is 0.0235. The van der Waals surface area contributed by atoms with E-state index in [9.17, 15) is 13.2 Å². The van der Waals surface area contributed by atoms with Gasteiger partial charge in [-0.05, 0) is 30.3 Å². The Kier molecular flexibility index (Phi) is 4.45. The summed E-state index contributed by atoms with van der Waals surface area (Å²) in [4.78, 5) is 8.38. The molecule has 6 nitrogen and oxygen atoms in total. The van der Waals surface area contributed by atoms with Gasteiger partial charge in [0.25, 0.3) is 0 Å². The smallest absolute Gasteiger partial charge is 0.493 e. The highest BCUT2D eigenvalue weighted by molar-refractivity contribution is 5.95. The first-order valence-corrected chi connectivity index (χ1v) is 7.36. The fourth-order valence-corrected chi connectivity index (χ4v) is 2.51. The van der Waals surface area contributed by atoms with E-state index in [2.05, 4.69) is 14.7 Å². The predicted octanol–water partition coefficient (Wildman–Crippen LogP) is 3.79. The lowest BCUT2D eigenvalue weighted by atomic mass is 10.1. The Bertz CT molecular complexity index is 944. The standard InChI is InChI=1S/C17H14F3N3O3/c1-24-13-7-11-12(8-14(13)25-2)22-16(21)23-15(11)9-3-5-10(6-4-9)26-17(18,19)20/h3-8H,1-2H3,(H2,21,22,23). The largest absolute Gasteiger partial charge is 0.573 e. The van der Waals surface area contributed by atoms with Crippen molar-refractivity contribution in [1.82, 2.24) is 9.97 Å². The van der Waals surface area contributed by atoms with Gasteiger partial charge in [-0.3, -0.25) is 0 Å². The number of nitrogen functional groups attached to an aromatic ring is 1. The van der Waals surface area contributed by atoms with Crippen LogP contribution in [0, 0.1) is 0 Å². The highest BCUT2D eigenvalue weighted by atomic mass is 19.4. The first-order valence-electron chi connectivity index (χ1n) is 7.36. The summed E-state index contributed by atoms with van der Waals surface area (Å²) in [5.41, 5.74) is 7.28. The molecule has 3 rings (SSSR count). The molecule has 136 valence electrons. The average Bonchev–Trinajstić information content (AvgIpc) is 2.59. The average molecular weight is 365 g/mol. The van der Waals surface area contributed by atoms with E-state index in [1.165, 1.54) is 38.5 Å². The number of fused-ring (bicyclic) bond motifs is 1. The minimum Gasteiger partial charge on any atom is -0.493 e. The van der Waals surface area contributed by atoms with Crippen molar-refractivity contribution in [3.8, 4) is 28.5 Å². The summed E-state index contributed by atoms with van der Waals surface area (Å²) < 4.78 is 51.3. The van der Waals surface area contributed by atoms with E-state index in [4.69, 9.17) is 15.2 Å². The molecule has 0 saturated heterocycles. The Balaban J connectivity index is 2.12. The molecule has 2 N–H and O–H groups in total. The van der Waals surface area contributed by atoms with Gasteiger partial charge in [-0.15, -0.1) is 13.2 Å². The summed E-state index contributed by atoms with van der Waals surface area (Å²) in [7, 11) is 2.99. The summed E-state index contributed by atoms with van der Waals surface area (Å²) in [6.45, 7) is 0. The van der Waals surface area contributed by atoms with Crippen molar-refractivity contribution >= 4 is 16.9 Å². The zero-order valence-corrected chi connectivity index (χ0v) is 13.8. The maximum absolute atomic E-state index is 12.3. The Morgan fingerprint density at radius 1 is 0.923 bits per heavy atom. The second kappa shape index (κ2) is 6.58. The number of methoxy groups -OCH3 is 2. The lowest BCUT2D eigenvalue weighted by molar-refractivity contribution is -0.274. The number of hydrogen-bond acceptors (Lipinski definition) is 6. The van der Waals surface area contributed by atoms with E-state index < -0.39 is 6.36 Å². The molecular formula is C17H14F3N3O3. The second-order valence-electron chi connectivity index (χ2n) is 5.23. The van der Waals surface area contributed by atoms with Crippen LogP contribution in [0.2, 0.25) is 0 Å². The molecule has 0 fully saturated rings. The van der Waals surface area contributed by atoms with Crippen molar-refractivity contribution in [3.63, 3.8) is 0 Å². The van der Waals surface area contributed by atoms with Crippen LogP contribution < -0.4 is 19.9 Å². The molecule has 0 saturated carbocycles. The van der Waals surface area contributed by atoms with Gasteiger partial charge < -0.3 is 19.9 Å². The normalized spacial score (nSPS) is 11.4. The van der Waals surface area contributed by atoms with Crippen LogP contribution in [0.25, 0.3) is 22.2 Å². The Morgan fingerprint density at radius 3 is 2.12 bits per heavy atom. The van der Waals surface area contributed by atoms with E-state index in [0.717, 1.165) is 0 Å². The van der Waals surface area contributed by atoms with Crippen molar-refractivity contribution in [2.45, 2.75) is 6.36 Å². The molecule has 0 atom stereocenters. The molecule has 0 aliphatic rings. The Morgan fingerprint density at radius 2 is 1.54 bits per heavy atom. The zero-order chi connectivity index (χ0) is 18.9. The fourth-order valence-electron chi connectivity index (χ4n) is 2.51. The molecule has 0 radical (unpaired) electrons. The number of nitrogens with two attached hydrogens (primary N) is 1. The van der Waals surface area contributed by atoms with Gasteiger partial charge in [-0.2, -0.15) is 0 Å². The molecule has 0 unspecified atom stereocenters. The Hall–Kier alpha value is -3.23. The highest BCUT2D eigenvalue weighted by Crippen LogP contribution is 2.36. The lowest BCUT2D eigenvalue weighted by Gasteiger charge is -2.12. The van der Waals surface area contributed by atoms with Gasteiger partial charge in [-0.1, -0.05) is 0 Å². The molecule has 26 heavy (non-hydrogen) atoms. The van der Waals surface area contributed by atoms with Crippen molar-refractivity contribution in [2.75, 3.05) is 20.0 Å². The van der Waals surface area contributed by atoms with Gasteiger partial charge in [-0.25, -0.2) is 9.97 Å². The van der Waals surface area contributed by atoms with Gasteiger partial charge >= 0.3 is 6.36 Å². The fraction of sp³-hybridized carbons (Fsp3) is 0.176. The number of ether oxygens (including phenoxy) is 3. The van der Waals surface area contributed by atoms with E-state index in [1.54, 1.807) is 12.1 Å². The minimum atomic E-state index is -4.75. The Labute approximate surface area is 146 Å². The molecule has 2 aromatic carbocycles. The van der Waals surface area contributed by atoms with Gasteiger partial charge in [0.05, 0.1) is 25.4 Å². The zero-order valence-electron chi connectivity index (χ0n) is 13.8. The lowest BCUT2D eigenvalue weighted by Crippen LogP contribution is -2.16. The van der Waals surface area contributed by atoms with Gasteiger partial charge in [0.15, 0.2) is 11.5 Å². The number of alkyl halides is 3. The van der Waals surface area contributed by atoms with Crippen molar-refractivity contribution in [1.29, 1.82) is 0 Å². The molecule has 3 aromatic rings. The number of anilines is 1. The second-order valence-corrected chi connectivity index (χ2v) is 5.23. The maximum Gasteiger partial charge on any atom is 0.573 e. The number of hydrogen-bond donors (Lipinski definition) is 1. The van der Waals surface area contributed by atoms with Crippen LogP contribution in [0.3, 0.4) is 0 Å². The van der Waals surface area contributed by atoms with Gasteiger partial charge in [0.2, 0.25) is 5.95 Å². The predicted molar refractivity (Wildman–Crippen MR) is 89.2 cm³/mol. The van der Waals surface area contributed by atoms with Crippen molar-refractivity contribution in [2.24, 2.45) is 0 Å². The van der Waals surface area contributed by atoms with Crippen LogP contribution in [0.4, 0.5) is 19.1 Å². The van der Waals surface area contributed by atoms with Crippen LogP contribution in [-0.4, -0.2) is 30.5 Å². The molecule has 1 aromatic heterocycles. The van der Waals surface area contributed by atoms with Crippen molar-refractivity contribution < 1.29 is 27.4 Å². The number of halogens is 3. The van der Waals surface area contributed by atoms with Crippen LogP contribution in [-0.2, 0) is 0 Å². The first-order chi connectivity index (χ1) is 12.3. The van der Waals surface area contributed by atoms with E-state index >= 15 is 0 Å². The molecule has 0 aliphatic carbocycles. The monoisotopic (exact) mass is 365 g/mol. The third-order valence-corrected chi connectivity index (χ3v) is 3.58. The van der Waals surface area contributed by atoms with Crippen LogP contribution in [0.15, 0.2) is 36.4 Å². The highest BCUT2D eigenvalue weighted by Gasteiger charge is 2.31. The van der Waals surface area contributed by atoms with Gasteiger partial charge in [0, 0.05) is 17.0 Å². The van der Waals surface area contributed by atoms with Gasteiger partial charge in [0.1, 0.15) is 5.75 Å². The number of rotatable bonds is 4. The SMILES string of the molecule is COc1cc2nc(N)nc(-c3ccc(OC(F)(F)F)cc3)c2cc1OC. The van der Waals surface area contributed by atoms with Crippen LogP contribution in [0.5, 0.6) is 17.2 Å². The molecular weight excluding hydrogens is 351 g/mol. The molecule has 0 bridgehead atoms. The molecule has 0 aliphatic heterocycles. The molecule has 0 amide bonds. The summed E-state index contributed by atoms with van der Waals surface area (Å²) >= 11 is 0. The molecule has 9 heteroatoms. The maximum atomic E-state index is 12.3. The quantitative estimate of drug-likeness (QED) is 0.758. The third kappa shape index (κ3) is 3.56. The summed E-state index contributed by atoms with van der Waals surface area (Å²) in [6.07, 6.45) is -4.75. The number of benzene rings is 2. The van der Waals surface area contributed by atoms with E-state index in [1.807, 2.05) is 0 Å². The van der Waals surface area contributed by atoms with Crippen LogP contribution in [0.1, 0.15) is 0 Å². The molecule has 1 heterocycles. The topological polar surface area (TPSA) is 79.5 Å². The summed E-state index contributed by atoms with van der Waals surface area (Å²) in [5.74, 6) is 0.631. The number of nitrogens with zero attached hydrogens (tertiary/aromatic N) is 2. The van der Waals surface area contributed by atoms with Crippen LogP contribution >= 0.6 is 0 Å². The van der Waals surface area contributed by atoms with Crippen molar-refractivity contribution in [3.05, 3.63) is 36.4 Å². The third-order valence-electron chi connectivity index (χ3n) is 3.58. The molecule has 0 spiro atoms. The van der Waals surface area contributed by atoms with E-state index in [-0.39, 0.29) is 11.7 Å². The first kappa shape index (κ1) is 17.6. The summed E-state index contributed by atoms with van der Waals surface area (Å²) in [6, 6.07) is 8.65. The number of aromatic nitrogens is 2. The summed E-state index contributed by atoms with van der Waals surface area (Å²) in [5, 5.41) is 0.612.